The molecule has 2 aromatic rings. The summed E-state index contributed by atoms with van der Waals surface area (Å²) in [6.07, 6.45) is 0. The summed E-state index contributed by atoms with van der Waals surface area (Å²) in [5, 5.41) is 13.5. The van der Waals surface area contributed by atoms with Gasteiger partial charge in [0.25, 0.3) is 0 Å². The van der Waals surface area contributed by atoms with E-state index in [-0.39, 0.29) is 5.71 Å². The molecule has 0 spiro atoms. The molecule has 4 nitrogen and oxygen atoms in total. The molecule has 2 aromatic carbocycles. The molecule has 0 saturated carbocycles. The fraction of sp³-hybridized carbons (Fsp3) is 0.125. The maximum Gasteiger partial charge on any atom is 0.190 e. The topological polar surface area (TPSA) is 54.6 Å². The van der Waals surface area contributed by atoms with Gasteiger partial charge in [0.15, 0.2) is 5.71 Å². The molecule has 0 aliphatic heterocycles. The molecule has 2 rings (SSSR count). The molecule has 0 amide bonds. The Balaban J connectivity index is 2.19. The van der Waals surface area contributed by atoms with Crippen LogP contribution in [0.2, 0.25) is 5.02 Å². The van der Waals surface area contributed by atoms with Crippen LogP contribution in [0.5, 0.6) is 5.75 Å². The van der Waals surface area contributed by atoms with Crippen LogP contribution in [0.4, 0.5) is 0 Å². The van der Waals surface area contributed by atoms with Crippen LogP contribution in [-0.2, 0) is 11.4 Å². The van der Waals surface area contributed by atoms with Crippen molar-refractivity contribution in [2.24, 2.45) is 5.16 Å². The number of nitrogens with zero attached hydrogens (tertiary/aromatic N) is 2. The molecule has 106 valence electrons. The van der Waals surface area contributed by atoms with E-state index >= 15 is 0 Å². The molecule has 0 unspecified atom stereocenters. The molecule has 0 aromatic heterocycles. The van der Waals surface area contributed by atoms with E-state index in [9.17, 15) is 0 Å². The molecular formula is C16H13ClN2O2. The lowest BCUT2D eigenvalue weighted by Gasteiger charge is -2.10. The Morgan fingerprint density at radius 2 is 1.90 bits per heavy atom. The van der Waals surface area contributed by atoms with Gasteiger partial charge in [-0.05, 0) is 29.8 Å². The summed E-state index contributed by atoms with van der Waals surface area (Å²) >= 11 is 5.84. The highest BCUT2D eigenvalue weighted by Gasteiger charge is 2.10. The van der Waals surface area contributed by atoms with Crippen molar-refractivity contribution in [3.63, 3.8) is 0 Å². The first-order valence-electron chi connectivity index (χ1n) is 6.22. The Morgan fingerprint density at radius 3 is 2.57 bits per heavy atom. The van der Waals surface area contributed by atoms with Crippen LogP contribution in [0.3, 0.4) is 0 Å². The van der Waals surface area contributed by atoms with Crippen molar-refractivity contribution in [1.29, 1.82) is 5.26 Å². The lowest BCUT2D eigenvalue weighted by molar-refractivity contribution is 0.214. The van der Waals surface area contributed by atoms with Crippen LogP contribution >= 0.6 is 11.6 Å². The minimum absolute atomic E-state index is 0.171. The first-order chi connectivity index (χ1) is 10.2. The second-order valence-electron chi connectivity index (χ2n) is 4.15. The summed E-state index contributed by atoms with van der Waals surface area (Å²) in [4.78, 5) is 4.68. The van der Waals surface area contributed by atoms with E-state index < -0.39 is 0 Å². The number of ether oxygens (including phenoxy) is 1. The molecule has 5 heteroatoms. The number of rotatable bonds is 5. The number of para-hydroxylation sites is 1. The van der Waals surface area contributed by atoms with Crippen LogP contribution < -0.4 is 4.74 Å². The SMILES string of the molecule is CON=C(C#N)c1ccccc1OCc1ccc(Cl)cc1. The smallest absolute Gasteiger partial charge is 0.190 e. The number of nitriles is 1. The van der Waals surface area contributed by atoms with Gasteiger partial charge in [-0.25, -0.2) is 0 Å². The average Bonchev–Trinajstić information content (AvgIpc) is 2.52. The zero-order chi connectivity index (χ0) is 15.1. The van der Waals surface area contributed by atoms with Crippen molar-refractivity contribution < 1.29 is 9.57 Å². The molecular weight excluding hydrogens is 288 g/mol. The zero-order valence-corrected chi connectivity index (χ0v) is 12.2. The second kappa shape index (κ2) is 7.32. The second-order valence-corrected chi connectivity index (χ2v) is 4.58. The zero-order valence-electron chi connectivity index (χ0n) is 11.4. The first-order valence-corrected chi connectivity index (χ1v) is 6.60. The summed E-state index contributed by atoms with van der Waals surface area (Å²) < 4.78 is 5.76. The van der Waals surface area contributed by atoms with Gasteiger partial charge in [0, 0.05) is 5.02 Å². The fourth-order valence-electron chi connectivity index (χ4n) is 1.75. The lowest BCUT2D eigenvalue weighted by Crippen LogP contribution is -2.04. The molecule has 0 atom stereocenters. The predicted molar refractivity (Wildman–Crippen MR) is 81.4 cm³/mol. The summed E-state index contributed by atoms with van der Waals surface area (Å²) in [5.41, 5.74) is 1.75. The van der Waals surface area contributed by atoms with Crippen LogP contribution in [0.25, 0.3) is 0 Å². The van der Waals surface area contributed by atoms with E-state index in [1.54, 1.807) is 24.3 Å². The average molecular weight is 301 g/mol. The van der Waals surface area contributed by atoms with Crippen molar-refractivity contribution >= 4 is 17.3 Å². The highest BCUT2D eigenvalue weighted by molar-refractivity contribution is 6.30. The normalized spacial score (nSPS) is 10.8. The van der Waals surface area contributed by atoms with Crippen molar-refractivity contribution in [3.05, 3.63) is 64.7 Å². The number of hydrogen-bond donors (Lipinski definition) is 0. The lowest BCUT2D eigenvalue weighted by atomic mass is 10.1. The van der Waals surface area contributed by atoms with Gasteiger partial charge in [0.05, 0.1) is 5.56 Å². The Bertz CT molecular complexity index is 675. The number of oxime groups is 1. The maximum absolute atomic E-state index is 9.12. The molecule has 0 aliphatic rings. The van der Waals surface area contributed by atoms with Gasteiger partial charge >= 0.3 is 0 Å². The third-order valence-electron chi connectivity index (χ3n) is 2.74. The summed E-state index contributed by atoms with van der Waals surface area (Å²) in [6.45, 7) is 0.375. The van der Waals surface area contributed by atoms with E-state index in [1.165, 1.54) is 7.11 Å². The molecule has 0 aliphatic carbocycles. The van der Waals surface area contributed by atoms with Crippen molar-refractivity contribution in [1.82, 2.24) is 0 Å². The van der Waals surface area contributed by atoms with Crippen molar-refractivity contribution in [3.8, 4) is 11.8 Å². The Labute approximate surface area is 128 Å². The van der Waals surface area contributed by atoms with Gasteiger partial charge in [-0.3, -0.25) is 0 Å². The van der Waals surface area contributed by atoms with E-state index in [0.29, 0.717) is 22.9 Å². The summed E-state index contributed by atoms with van der Waals surface area (Å²) in [7, 11) is 1.40. The van der Waals surface area contributed by atoms with Crippen molar-refractivity contribution in [2.75, 3.05) is 7.11 Å². The van der Waals surface area contributed by atoms with Gasteiger partial charge in [-0.1, -0.05) is 41.0 Å². The first kappa shape index (κ1) is 14.9. The van der Waals surface area contributed by atoms with Gasteiger partial charge in [0.1, 0.15) is 25.5 Å². The Morgan fingerprint density at radius 1 is 1.19 bits per heavy atom. The molecule has 0 heterocycles. The van der Waals surface area contributed by atoms with E-state index in [4.69, 9.17) is 21.6 Å². The molecule has 0 bridgehead atoms. The molecule has 0 N–H and O–H groups in total. The summed E-state index contributed by atoms with van der Waals surface area (Å²) in [5.74, 6) is 0.574. The summed E-state index contributed by atoms with van der Waals surface area (Å²) in [6, 6.07) is 16.6. The van der Waals surface area contributed by atoms with Crippen LogP contribution in [0, 0.1) is 11.3 Å². The monoisotopic (exact) mass is 300 g/mol. The molecule has 0 radical (unpaired) electrons. The minimum Gasteiger partial charge on any atom is -0.488 e. The van der Waals surface area contributed by atoms with Gasteiger partial charge in [0.2, 0.25) is 0 Å². The van der Waals surface area contributed by atoms with E-state index in [0.717, 1.165) is 5.56 Å². The fourth-order valence-corrected chi connectivity index (χ4v) is 1.88. The number of benzene rings is 2. The maximum atomic E-state index is 9.12. The standard InChI is InChI=1S/C16H13ClN2O2/c1-20-19-15(10-18)14-4-2-3-5-16(14)21-11-12-6-8-13(17)9-7-12/h2-9H,11H2,1H3. The third-order valence-corrected chi connectivity index (χ3v) is 2.99. The van der Waals surface area contributed by atoms with Gasteiger partial charge in [-0.2, -0.15) is 5.26 Å². The van der Waals surface area contributed by atoms with Crippen LogP contribution in [0.1, 0.15) is 11.1 Å². The predicted octanol–water partition coefficient (Wildman–Crippen LogP) is 3.79. The van der Waals surface area contributed by atoms with E-state index in [2.05, 4.69) is 9.99 Å². The molecule has 0 saturated heterocycles. The highest BCUT2D eigenvalue weighted by atomic mass is 35.5. The van der Waals surface area contributed by atoms with Crippen LogP contribution in [0.15, 0.2) is 53.7 Å². The largest absolute Gasteiger partial charge is 0.488 e. The Kier molecular flexibility index (Phi) is 5.19. The molecule has 21 heavy (non-hydrogen) atoms. The minimum atomic E-state index is 0.171. The number of hydrogen-bond acceptors (Lipinski definition) is 4. The van der Waals surface area contributed by atoms with Crippen LogP contribution in [-0.4, -0.2) is 12.8 Å². The molecule has 0 fully saturated rings. The highest BCUT2D eigenvalue weighted by Crippen LogP contribution is 2.21. The van der Waals surface area contributed by atoms with E-state index in [1.807, 2.05) is 30.3 Å². The third kappa shape index (κ3) is 3.98. The number of halogens is 1. The Hall–Kier alpha value is -2.51. The van der Waals surface area contributed by atoms with Gasteiger partial charge in [-0.15, -0.1) is 0 Å². The van der Waals surface area contributed by atoms with Gasteiger partial charge < -0.3 is 9.57 Å². The van der Waals surface area contributed by atoms with Crippen molar-refractivity contribution in [2.45, 2.75) is 6.61 Å². The quantitative estimate of drug-likeness (QED) is 0.623.